The molecule has 1 aromatic carbocycles. The number of carboxylic acid groups (broad SMARTS) is 1. The normalized spacial score (nSPS) is 17.2. The van der Waals surface area contributed by atoms with Crippen LogP contribution in [0, 0.1) is 15.5 Å². The molecule has 1 aliphatic carbocycles. The number of hydrogen-bond acceptors (Lipinski definition) is 4. The predicted molar refractivity (Wildman–Crippen MR) is 82.4 cm³/mol. The molecule has 1 aromatic rings. The van der Waals surface area contributed by atoms with Crippen molar-refractivity contribution in [3.05, 3.63) is 32.8 Å². The molecule has 0 aliphatic heterocycles. The first-order valence-electron chi connectivity index (χ1n) is 6.86. The molecule has 0 heterocycles. The molecule has 6 nitrogen and oxygen atoms in total. The third-order valence-corrected chi connectivity index (χ3v) is 4.53. The van der Waals surface area contributed by atoms with Gasteiger partial charge in [0.25, 0.3) is 5.69 Å². The maximum absolute atomic E-state index is 11.6. The second kappa shape index (κ2) is 6.43. The van der Waals surface area contributed by atoms with Gasteiger partial charge in [-0.05, 0) is 25.0 Å². The Bertz CT molecular complexity index is 556. The third-order valence-electron chi connectivity index (χ3n) is 4.04. The van der Waals surface area contributed by atoms with Crippen LogP contribution in [0.1, 0.15) is 32.1 Å². The Hall–Kier alpha value is -1.63. The minimum absolute atomic E-state index is 0.0549. The molecular formula is C14H17BrN2O4. The van der Waals surface area contributed by atoms with Crippen LogP contribution >= 0.6 is 15.9 Å². The number of rotatable bonds is 5. The van der Waals surface area contributed by atoms with Gasteiger partial charge in [-0.15, -0.1) is 0 Å². The molecule has 21 heavy (non-hydrogen) atoms. The Labute approximate surface area is 130 Å². The van der Waals surface area contributed by atoms with E-state index in [1.54, 1.807) is 12.1 Å². The number of benzene rings is 1. The summed E-state index contributed by atoms with van der Waals surface area (Å²) >= 11 is 3.20. The summed E-state index contributed by atoms with van der Waals surface area (Å²) in [5.74, 6) is -0.825. The molecule has 0 aromatic heterocycles. The third kappa shape index (κ3) is 3.53. The van der Waals surface area contributed by atoms with Crippen LogP contribution in [0.4, 0.5) is 11.4 Å². The van der Waals surface area contributed by atoms with Crippen molar-refractivity contribution in [2.75, 3.05) is 11.9 Å². The zero-order valence-corrected chi connectivity index (χ0v) is 13.1. The molecule has 0 atom stereocenters. The zero-order valence-electron chi connectivity index (χ0n) is 11.5. The van der Waals surface area contributed by atoms with Gasteiger partial charge in [-0.3, -0.25) is 14.9 Å². The fourth-order valence-corrected chi connectivity index (χ4v) is 3.11. The van der Waals surface area contributed by atoms with Gasteiger partial charge in [0.15, 0.2) is 0 Å². The van der Waals surface area contributed by atoms with E-state index in [-0.39, 0.29) is 12.2 Å². The summed E-state index contributed by atoms with van der Waals surface area (Å²) in [6.07, 6.45) is 4.04. The summed E-state index contributed by atoms with van der Waals surface area (Å²) in [4.78, 5) is 22.2. The lowest BCUT2D eigenvalue weighted by Crippen LogP contribution is -2.39. The molecule has 1 aliphatic rings. The first kappa shape index (κ1) is 15.8. The lowest BCUT2D eigenvalue weighted by molar-refractivity contribution is -0.384. The van der Waals surface area contributed by atoms with Crippen molar-refractivity contribution >= 4 is 33.3 Å². The molecule has 2 N–H and O–H groups in total. The van der Waals surface area contributed by atoms with Gasteiger partial charge < -0.3 is 10.4 Å². The van der Waals surface area contributed by atoms with Crippen LogP contribution in [0.25, 0.3) is 0 Å². The van der Waals surface area contributed by atoms with Crippen LogP contribution in [-0.4, -0.2) is 22.5 Å². The Balaban J connectivity index is 2.18. The minimum Gasteiger partial charge on any atom is -0.481 e. The maximum Gasteiger partial charge on any atom is 0.311 e. The maximum atomic E-state index is 11.6. The topological polar surface area (TPSA) is 92.5 Å². The molecule has 114 valence electrons. The van der Waals surface area contributed by atoms with Crippen molar-refractivity contribution < 1.29 is 14.8 Å². The van der Waals surface area contributed by atoms with E-state index in [1.807, 2.05) is 0 Å². The lowest BCUT2D eigenvalue weighted by atomic mass is 9.74. The van der Waals surface area contributed by atoms with Gasteiger partial charge in [0, 0.05) is 17.1 Å². The molecule has 1 fully saturated rings. The van der Waals surface area contributed by atoms with Gasteiger partial charge in [0.1, 0.15) is 5.69 Å². The summed E-state index contributed by atoms with van der Waals surface area (Å²) in [5.41, 5.74) is -0.519. The number of nitro groups is 1. The highest BCUT2D eigenvalue weighted by Crippen LogP contribution is 2.38. The number of nitro benzene ring substituents is 1. The largest absolute Gasteiger partial charge is 0.481 e. The van der Waals surface area contributed by atoms with E-state index in [9.17, 15) is 20.0 Å². The van der Waals surface area contributed by atoms with Crippen molar-refractivity contribution in [1.82, 2.24) is 0 Å². The van der Waals surface area contributed by atoms with Gasteiger partial charge in [-0.25, -0.2) is 0 Å². The molecule has 2 rings (SSSR count). The number of nitrogens with one attached hydrogen (secondary N) is 1. The van der Waals surface area contributed by atoms with Gasteiger partial charge in [0.05, 0.1) is 10.3 Å². The molecule has 0 radical (unpaired) electrons. The van der Waals surface area contributed by atoms with Crippen LogP contribution in [0.2, 0.25) is 0 Å². The van der Waals surface area contributed by atoms with Crippen LogP contribution in [0.15, 0.2) is 22.7 Å². The van der Waals surface area contributed by atoms with Crippen molar-refractivity contribution in [2.24, 2.45) is 5.41 Å². The van der Waals surface area contributed by atoms with E-state index in [2.05, 4.69) is 21.2 Å². The van der Waals surface area contributed by atoms with Crippen LogP contribution in [0.5, 0.6) is 0 Å². The smallest absolute Gasteiger partial charge is 0.311 e. The SMILES string of the molecule is O=C(O)C1(CNc2ccc(Br)cc2[N+](=O)[O-])CCCCC1. The standard InChI is InChI=1S/C14H17BrN2O4/c15-10-4-5-11(12(8-10)17(20)21)16-9-14(13(18)19)6-2-1-3-7-14/h4-5,8,16H,1-3,6-7,9H2,(H,18,19). The van der Waals surface area contributed by atoms with E-state index < -0.39 is 16.3 Å². The second-order valence-corrected chi connectivity index (χ2v) is 6.33. The van der Waals surface area contributed by atoms with E-state index in [4.69, 9.17) is 0 Å². The lowest BCUT2D eigenvalue weighted by Gasteiger charge is -2.33. The number of anilines is 1. The average Bonchev–Trinajstić information content (AvgIpc) is 2.46. The fraction of sp³-hybridized carbons (Fsp3) is 0.500. The molecule has 0 bridgehead atoms. The van der Waals surface area contributed by atoms with E-state index >= 15 is 0 Å². The molecule has 0 saturated heterocycles. The highest BCUT2D eigenvalue weighted by atomic mass is 79.9. The van der Waals surface area contributed by atoms with Gasteiger partial charge in [-0.1, -0.05) is 35.2 Å². The Kier molecular flexibility index (Phi) is 4.82. The minimum atomic E-state index is -0.825. The summed E-state index contributed by atoms with van der Waals surface area (Å²) in [5, 5.41) is 23.5. The van der Waals surface area contributed by atoms with Crippen LogP contribution < -0.4 is 5.32 Å². The second-order valence-electron chi connectivity index (χ2n) is 5.42. The molecule has 1 saturated carbocycles. The highest BCUT2D eigenvalue weighted by molar-refractivity contribution is 9.10. The first-order valence-corrected chi connectivity index (χ1v) is 7.65. The monoisotopic (exact) mass is 356 g/mol. The molecule has 0 amide bonds. The number of halogens is 1. The average molecular weight is 357 g/mol. The highest BCUT2D eigenvalue weighted by Gasteiger charge is 2.39. The van der Waals surface area contributed by atoms with E-state index in [1.165, 1.54) is 6.07 Å². The van der Waals surface area contributed by atoms with Crippen molar-refractivity contribution in [2.45, 2.75) is 32.1 Å². The van der Waals surface area contributed by atoms with Crippen LogP contribution in [-0.2, 0) is 4.79 Å². The van der Waals surface area contributed by atoms with Crippen molar-refractivity contribution in [3.8, 4) is 0 Å². The van der Waals surface area contributed by atoms with E-state index in [0.717, 1.165) is 19.3 Å². The zero-order chi connectivity index (χ0) is 15.5. The first-order chi connectivity index (χ1) is 9.94. The molecular weight excluding hydrogens is 340 g/mol. The quantitative estimate of drug-likeness (QED) is 0.618. The number of hydrogen-bond donors (Lipinski definition) is 2. The Morgan fingerprint density at radius 2 is 2.05 bits per heavy atom. The fourth-order valence-electron chi connectivity index (χ4n) is 2.76. The molecule has 0 unspecified atom stereocenters. The number of nitrogens with zero attached hydrogens (tertiary/aromatic N) is 1. The number of carboxylic acids is 1. The van der Waals surface area contributed by atoms with Crippen LogP contribution in [0.3, 0.4) is 0 Å². The van der Waals surface area contributed by atoms with Gasteiger partial charge in [-0.2, -0.15) is 0 Å². The predicted octanol–water partition coefficient (Wildman–Crippen LogP) is 3.80. The van der Waals surface area contributed by atoms with E-state index in [0.29, 0.717) is 23.0 Å². The number of aliphatic carboxylic acids is 1. The summed E-state index contributed by atoms with van der Waals surface area (Å²) in [6.45, 7) is 0.213. The summed E-state index contributed by atoms with van der Waals surface area (Å²) < 4.78 is 0.616. The van der Waals surface area contributed by atoms with Gasteiger partial charge in [0.2, 0.25) is 0 Å². The Morgan fingerprint density at radius 1 is 1.38 bits per heavy atom. The van der Waals surface area contributed by atoms with Crippen molar-refractivity contribution in [1.29, 1.82) is 0 Å². The summed E-state index contributed by atoms with van der Waals surface area (Å²) in [6, 6.07) is 4.71. The van der Waals surface area contributed by atoms with Crippen molar-refractivity contribution in [3.63, 3.8) is 0 Å². The number of carbonyl (C=O) groups is 1. The molecule has 7 heteroatoms. The summed E-state index contributed by atoms with van der Waals surface area (Å²) in [7, 11) is 0. The Morgan fingerprint density at radius 3 is 2.62 bits per heavy atom. The molecule has 0 spiro atoms. The van der Waals surface area contributed by atoms with Gasteiger partial charge >= 0.3 is 5.97 Å².